The fourth-order valence-electron chi connectivity index (χ4n) is 1.73. The predicted octanol–water partition coefficient (Wildman–Crippen LogP) is 3.24. The van der Waals surface area contributed by atoms with Gasteiger partial charge in [0.2, 0.25) is 0 Å². The van der Waals surface area contributed by atoms with Gasteiger partial charge in [-0.2, -0.15) is 0 Å². The quantitative estimate of drug-likeness (QED) is 0.441. The lowest BCUT2D eigenvalue weighted by atomic mass is 10.1. The maximum atomic E-state index is 10.4. The summed E-state index contributed by atoms with van der Waals surface area (Å²) in [5.41, 5.74) is 1.80. The second-order valence-electron chi connectivity index (χ2n) is 5.27. The lowest BCUT2D eigenvalue weighted by molar-refractivity contribution is -0.134. The van der Waals surface area contributed by atoms with E-state index in [1.54, 1.807) is 18.2 Å². The first-order valence-corrected chi connectivity index (χ1v) is 7.94. The van der Waals surface area contributed by atoms with Crippen LogP contribution in [0.25, 0.3) is 12.2 Å². The van der Waals surface area contributed by atoms with E-state index in [1.165, 1.54) is 30.3 Å². The van der Waals surface area contributed by atoms with Crippen molar-refractivity contribution in [2.24, 2.45) is 0 Å². The summed E-state index contributed by atoms with van der Waals surface area (Å²) in [6, 6.07) is 9.00. The van der Waals surface area contributed by atoms with Gasteiger partial charge >= 0.3 is 5.97 Å². The van der Waals surface area contributed by atoms with Crippen molar-refractivity contribution >= 4 is 36.7 Å². The van der Waals surface area contributed by atoms with Gasteiger partial charge in [0.15, 0.2) is 12.6 Å². The molecule has 0 fully saturated rings. The molecule has 0 amide bonds. The van der Waals surface area contributed by atoms with Gasteiger partial charge in [0.25, 0.3) is 5.97 Å². The van der Waals surface area contributed by atoms with Crippen LogP contribution in [0.2, 0.25) is 0 Å². The van der Waals surface area contributed by atoms with Crippen LogP contribution < -0.4 is 0 Å². The summed E-state index contributed by atoms with van der Waals surface area (Å²) >= 11 is 0. The van der Waals surface area contributed by atoms with Gasteiger partial charge in [-0.05, 0) is 41.5 Å². The first-order chi connectivity index (χ1) is 13.6. The second-order valence-corrected chi connectivity index (χ2v) is 5.27. The van der Waals surface area contributed by atoms with Gasteiger partial charge in [0.1, 0.15) is 11.5 Å². The lowest BCUT2D eigenvalue weighted by Crippen LogP contribution is -1.87. The number of aromatic hydroxyl groups is 2. The van der Waals surface area contributed by atoms with Crippen LogP contribution in [0.3, 0.4) is 0 Å². The molecule has 0 spiro atoms. The number of phenols is 2. The summed E-state index contributed by atoms with van der Waals surface area (Å²) in [5, 5.41) is 34.0. The molecule has 2 aromatic carbocycles. The Bertz CT molecular complexity index is 909. The Morgan fingerprint density at radius 2 is 1.28 bits per heavy atom. The van der Waals surface area contributed by atoms with Crippen LogP contribution >= 0.6 is 0 Å². The summed E-state index contributed by atoms with van der Waals surface area (Å²) in [6.45, 7) is 4.62. The molecule has 0 bridgehead atoms. The van der Waals surface area contributed by atoms with Gasteiger partial charge < -0.3 is 20.4 Å². The third kappa shape index (κ3) is 10.5. The van der Waals surface area contributed by atoms with Crippen LogP contribution in [0.4, 0.5) is 0 Å². The van der Waals surface area contributed by atoms with E-state index >= 15 is 0 Å². The van der Waals surface area contributed by atoms with E-state index in [0.29, 0.717) is 23.7 Å². The van der Waals surface area contributed by atoms with Crippen molar-refractivity contribution in [2.75, 3.05) is 0 Å². The molecule has 29 heavy (non-hydrogen) atoms. The van der Waals surface area contributed by atoms with Crippen molar-refractivity contribution in [3.05, 3.63) is 71.3 Å². The Balaban J connectivity index is 0.000000466. The average molecular weight is 400 g/mol. The van der Waals surface area contributed by atoms with Gasteiger partial charge in [-0.25, -0.2) is 4.79 Å². The molecule has 2 aromatic rings. The Hall–Kier alpha value is -4.20. The Labute approximate surface area is 166 Å². The minimum atomic E-state index is -1.06. The Kier molecular flexibility index (Phi) is 11.2. The van der Waals surface area contributed by atoms with E-state index < -0.39 is 11.9 Å². The summed E-state index contributed by atoms with van der Waals surface area (Å²) in [7, 11) is 0. The first-order valence-electron chi connectivity index (χ1n) is 7.94. The van der Waals surface area contributed by atoms with Crippen molar-refractivity contribution in [1.82, 2.24) is 0 Å². The minimum Gasteiger partial charge on any atom is -0.507 e. The van der Waals surface area contributed by atoms with Gasteiger partial charge in [-0.15, -0.1) is 0 Å². The fourth-order valence-corrected chi connectivity index (χ4v) is 1.73. The highest BCUT2D eigenvalue weighted by Gasteiger charge is 1.99. The van der Waals surface area contributed by atoms with Crippen LogP contribution in [0.5, 0.6) is 11.5 Å². The molecule has 0 atom stereocenters. The minimum absolute atomic E-state index is 0.00519. The van der Waals surface area contributed by atoms with Gasteiger partial charge in [-0.3, -0.25) is 14.4 Å². The molecule has 0 heterocycles. The molecule has 0 unspecified atom stereocenters. The number of carbonyl (C=O) groups is 4. The molecule has 0 saturated heterocycles. The summed E-state index contributed by atoms with van der Waals surface area (Å²) in [4.78, 5) is 39.9. The average Bonchev–Trinajstić information content (AvgIpc) is 2.67. The number of aliphatic carboxylic acids is 2. The number of benzene rings is 2. The third-order valence-electron chi connectivity index (χ3n) is 3.01. The maximum Gasteiger partial charge on any atom is 0.328 e. The maximum absolute atomic E-state index is 10.4. The number of carbonyl (C=O) groups excluding carboxylic acids is 2. The summed E-state index contributed by atoms with van der Waals surface area (Å²) < 4.78 is 0. The highest BCUT2D eigenvalue weighted by molar-refractivity contribution is 5.86. The molecule has 0 aliphatic heterocycles. The third-order valence-corrected chi connectivity index (χ3v) is 3.01. The normalized spacial score (nSPS) is 9.28. The zero-order valence-electron chi connectivity index (χ0n) is 15.5. The molecule has 0 saturated carbocycles. The molecule has 0 aliphatic rings. The summed E-state index contributed by atoms with van der Waals surface area (Å²) in [5.74, 6) is -2.01. The van der Waals surface area contributed by atoms with E-state index in [2.05, 4.69) is 6.58 Å². The topological polar surface area (TPSA) is 149 Å². The highest BCUT2D eigenvalue weighted by atomic mass is 16.4. The van der Waals surface area contributed by atoms with Crippen molar-refractivity contribution in [3.8, 4) is 11.5 Å². The van der Waals surface area contributed by atoms with Crippen molar-refractivity contribution in [1.29, 1.82) is 0 Å². The lowest BCUT2D eigenvalue weighted by Gasteiger charge is -1.97. The van der Waals surface area contributed by atoms with Crippen molar-refractivity contribution in [2.45, 2.75) is 6.92 Å². The van der Waals surface area contributed by atoms with E-state index in [9.17, 15) is 14.4 Å². The van der Waals surface area contributed by atoms with Crippen molar-refractivity contribution < 1.29 is 39.6 Å². The molecule has 8 nitrogen and oxygen atoms in total. The molecule has 0 aliphatic carbocycles. The van der Waals surface area contributed by atoms with Gasteiger partial charge in [0.05, 0.1) is 11.1 Å². The molecule has 8 heteroatoms. The van der Waals surface area contributed by atoms with Gasteiger partial charge in [-0.1, -0.05) is 24.8 Å². The molecule has 0 radical (unpaired) electrons. The second kappa shape index (κ2) is 13.0. The molecule has 4 N–H and O–H groups in total. The van der Waals surface area contributed by atoms with Crippen LogP contribution in [0, 0.1) is 0 Å². The van der Waals surface area contributed by atoms with Crippen LogP contribution in [0.15, 0.2) is 49.1 Å². The number of carboxylic acid groups (broad SMARTS) is 2. The number of carboxylic acids is 2. The van der Waals surface area contributed by atoms with E-state index in [0.717, 1.165) is 18.6 Å². The highest BCUT2D eigenvalue weighted by Crippen LogP contribution is 2.17. The summed E-state index contributed by atoms with van der Waals surface area (Å²) in [6.07, 6.45) is 5.04. The number of hydrogen-bond acceptors (Lipinski definition) is 6. The number of phenolic OH excluding ortho intramolecular Hbond substituents is 2. The molecular formula is C21H20O8. The monoisotopic (exact) mass is 400 g/mol. The van der Waals surface area contributed by atoms with E-state index in [-0.39, 0.29) is 17.1 Å². The van der Waals surface area contributed by atoms with Crippen LogP contribution in [0.1, 0.15) is 38.8 Å². The first kappa shape index (κ1) is 24.8. The van der Waals surface area contributed by atoms with Crippen LogP contribution in [-0.4, -0.2) is 44.9 Å². The molecule has 152 valence electrons. The van der Waals surface area contributed by atoms with E-state index in [4.69, 9.17) is 25.2 Å². The SMILES string of the molecule is C=Cc1ccc(O)c(C=O)c1.CC(=O)O.O=Cc1cc(/C=C/C(=O)O)ccc1O. The predicted molar refractivity (Wildman–Crippen MR) is 107 cm³/mol. The van der Waals surface area contributed by atoms with Crippen molar-refractivity contribution in [3.63, 3.8) is 0 Å². The smallest absolute Gasteiger partial charge is 0.328 e. The number of rotatable bonds is 5. The largest absolute Gasteiger partial charge is 0.507 e. The zero-order valence-corrected chi connectivity index (χ0v) is 15.5. The standard InChI is InChI=1S/C10H8O4.C9H8O2.C2H4O2/c11-6-8-5-7(1-3-9(8)12)2-4-10(13)14;1-2-7-3-4-9(11)8(5-7)6-10;1-2(3)4/h1-6,12H,(H,13,14);2-6,11H,1H2;1H3,(H,3,4)/b4-2+;;. The van der Waals surface area contributed by atoms with E-state index in [1.807, 2.05) is 0 Å². The fraction of sp³-hybridized carbons (Fsp3) is 0.0476. The molecule has 0 aromatic heterocycles. The Morgan fingerprint density at radius 1 is 0.862 bits per heavy atom. The Morgan fingerprint density at radius 3 is 1.66 bits per heavy atom. The van der Waals surface area contributed by atoms with Gasteiger partial charge in [0, 0.05) is 13.0 Å². The molecular weight excluding hydrogens is 380 g/mol. The zero-order chi connectivity index (χ0) is 22.4. The molecule has 2 rings (SSSR count). The number of hydrogen-bond donors (Lipinski definition) is 4. The van der Waals surface area contributed by atoms with Crippen LogP contribution in [-0.2, 0) is 9.59 Å². The number of aldehydes is 2.